The van der Waals surface area contributed by atoms with Crippen LogP contribution in [0.1, 0.15) is 0 Å². The van der Waals surface area contributed by atoms with Crippen molar-refractivity contribution in [3.05, 3.63) is 51.7 Å². The van der Waals surface area contributed by atoms with Crippen molar-refractivity contribution in [1.82, 2.24) is 4.98 Å². The molecule has 0 unspecified atom stereocenters. The lowest BCUT2D eigenvalue weighted by atomic mass is 10.3. The van der Waals surface area contributed by atoms with E-state index in [2.05, 4.69) is 9.71 Å². The highest BCUT2D eigenvalue weighted by molar-refractivity contribution is 7.92. The van der Waals surface area contributed by atoms with Crippen LogP contribution in [0.25, 0.3) is 0 Å². The van der Waals surface area contributed by atoms with E-state index in [9.17, 15) is 18.5 Å². The molecule has 0 saturated heterocycles. The molecular formula is C11H9ClN4O4S. The highest BCUT2D eigenvalue weighted by atomic mass is 35.5. The Hall–Kier alpha value is -2.39. The molecule has 1 aromatic heterocycles. The molecule has 0 saturated carbocycles. The fourth-order valence-electron chi connectivity index (χ4n) is 1.54. The van der Waals surface area contributed by atoms with Gasteiger partial charge in [0.1, 0.15) is 0 Å². The largest absolute Gasteiger partial charge is 0.399 e. The molecule has 1 heterocycles. The maximum absolute atomic E-state index is 12.3. The minimum Gasteiger partial charge on any atom is -0.399 e. The first-order valence-electron chi connectivity index (χ1n) is 5.48. The van der Waals surface area contributed by atoms with E-state index in [1.165, 1.54) is 24.4 Å². The van der Waals surface area contributed by atoms with Gasteiger partial charge in [-0.2, -0.15) is 0 Å². The van der Waals surface area contributed by atoms with Crippen molar-refractivity contribution in [2.45, 2.75) is 4.90 Å². The summed E-state index contributed by atoms with van der Waals surface area (Å²) >= 11 is 5.80. The lowest BCUT2D eigenvalue weighted by Crippen LogP contribution is -2.16. The molecule has 1 aromatic carbocycles. The molecule has 0 aliphatic heterocycles. The van der Waals surface area contributed by atoms with Gasteiger partial charge in [0.25, 0.3) is 15.7 Å². The van der Waals surface area contributed by atoms with Crippen molar-refractivity contribution in [1.29, 1.82) is 0 Å². The van der Waals surface area contributed by atoms with Gasteiger partial charge in [-0.1, -0.05) is 11.6 Å². The fraction of sp³-hybridized carbons (Fsp3) is 0. The summed E-state index contributed by atoms with van der Waals surface area (Å²) in [5.41, 5.74) is 4.97. The van der Waals surface area contributed by atoms with E-state index in [1.54, 1.807) is 0 Å². The number of benzene rings is 1. The number of nitrogens with two attached hydrogens (primary N) is 1. The van der Waals surface area contributed by atoms with E-state index >= 15 is 0 Å². The van der Waals surface area contributed by atoms with Crippen LogP contribution in [-0.4, -0.2) is 18.3 Å². The van der Waals surface area contributed by atoms with Gasteiger partial charge in [0.05, 0.1) is 9.95 Å². The molecule has 0 radical (unpaired) electrons. The van der Waals surface area contributed by atoms with Crippen LogP contribution in [0.2, 0.25) is 5.02 Å². The Kier molecular flexibility index (Phi) is 3.96. The predicted molar refractivity (Wildman–Crippen MR) is 77.6 cm³/mol. The van der Waals surface area contributed by atoms with Crippen LogP contribution < -0.4 is 10.5 Å². The quantitative estimate of drug-likeness (QED) is 0.502. The molecule has 2 rings (SSSR count). The van der Waals surface area contributed by atoms with Crippen LogP contribution in [0.4, 0.5) is 17.2 Å². The van der Waals surface area contributed by atoms with Gasteiger partial charge < -0.3 is 5.73 Å². The number of nitro benzene ring substituents is 1. The molecule has 10 heteroatoms. The van der Waals surface area contributed by atoms with E-state index in [-0.39, 0.29) is 16.5 Å². The molecule has 0 aliphatic carbocycles. The molecule has 0 aliphatic rings. The number of hydrogen-bond acceptors (Lipinski definition) is 6. The third-order valence-electron chi connectivity index (χ3n) is 2.46. The number of sulfonamides is 1. The van der Waals surface area contributed by atoms with Crippen LogP contribution in [0.15, 0.2) is 41.4 Å². The van der Waals surface area contributed by atoms with Gasteiger partial charge >= 0.3 is 0 Å². The summed E-state index contributed by atoms with van der Waals surface area (Å²) in [7, 11) is -4.25. The van der Waals surface area contributed by atoms with Crippen molar-refractivity contribution >= 4 is 38.8 Å². The minimum atomic E-state index is -4.25. The molecule has 0 spiro atoms. The number of anilines is 2. The Balaban J connectivity index is 2.52. The Morgan fingerprint density at radius 1 is 1.33 bits per heavy atom. The first kappa shape index (κ1) is 15.0. The van der Waals surface area contributed by atoms with E-state index in [4.69, 9.17) is 17.3 Å². The smallest absolute Gasteiger partial charge is 0.290 e. The summed E-state index contributed by atoms with van der Waals surface area (Å²) in [5.74, 6) is -0.129. The van der Waals surface area contributed by atoms with E-state index in [0.29, 0.717) is 0 Å². The predicted octanol–water partition coefficient (Wildman–Crippen LogP) is 2.03. The van der Waals surface area contributed by atoms with Gasteiger partial charge in [0.2, 0.25) is 0 Å². The summed E-state index contributed by atoms with van der Waals surface area (Å²) in [5, 5.41) is 11.0. The van der Waals surface area contributed by atoms with Crippen LogP contribution in [0, 0.1) is 10.1 Å². The van der Waals surface area contributed by atoms with Gasteiger partial charge in [-0.3, -0.25) is 14.8 Å². The van der Waals surface area contributed by atoms with Gasteiger partial charge in [-0.05, 0) is 24.3 Å². The summed E-state index contributed by atoms with van der Waals surface area (Å²) in [6, 6.07) is 6.20. The average Bonchev–Trinajstić information content (AvgIpc) is 2.41. The molecular weight excluding hydrogens is 320 g/mol. The van der Waals surface area contributed by atoms with Crippen LogP contribution in [0.3, 0.4) is 0 Å². The number of aromatic nitrogens is 1. The molecule has 0 atom stereocenters. The van der Waals surface area contributed by atoms with Crippen molar-refractivity contribution in [2.24, 2.45) is 0 Å². The summed E-state index contributed by atoms with van der Waals surface area (Å²) in [6.45, 7) is 0. The van der Waals surface area contributed by atoms with Crippen LogP contribution in [0.5, 0.6) is 0 Å². The van der Waals surface area contributed by atoms with Crippen molar-refractivity contribution in [3.8, 4) is 0 Å². The number of nitrogens with one attached hydrogen (secondary N) is 1. The number of nitrogen functional groups attached to an aromatic ring is 1. The number of nitro groups is 1. The van der Waals surface area contributed by atoms with Gasteiger partial charge in [0, 0.05) is 18.0 Å². The van der Waals surface area contributed by atoms with Crippen molar-refractivity contribution < 1.29 is 13.3 Å². The zero-order chi connectivity index (χ0) is 15.6. The molecule has 0 fully saturated rings. The zero-order valence-corrected chi connectivity index (χ0v) is 11.9. The number of rotatable bonds is 4. The minimum absolute atomic E-state index is 0.0626. The Bertz CT molecular complexity index is 810. The van der Waals surface area contributed by atoms with Gasteiger partial charge in [-0.15, -0.1) is 0 Å². The van der Waals surface area contributed by atoms with Crippen molar-refractivity contribution in [2.75, 3.05) is 10.5 Å². The number of hydrogen-bond donors (Lipinski definition) is 2. The lowest BCUT2D eigenvalue weighted by Gasteiger charge is -2.09. The van der Waals surface area contributed by atoms with Crippen LogP contribution >= 0.6 is 11.6 Å². The summed E-state index contributed by atoms with van der Waals surface area (Å²) in [6.07, 6.45) is 1.33. The van der Waals surface area contributed by atoms with Gasteiger partial charge in [0.15, 0.2) is 10.7 Å². The van der Waals surface area contributed by atoms with E-state index in [1.807, 2.05) is 0 Å². The Morgan fingerprint density at radius 2 is 2.05 bits per heavy atom. The van der Waals surface area contributed by atoms with E-state index in [0.717, 1.165) is 12.1 Å². The molecule has 2 aromatic rings. The molecule has 0 bridgehead atoms. The van der Waals surface area contributed by atoms with Crippen molar-refractivity contribution in [3.63, 3.8) is 0 Å². The van der Waals surface area contributed by atoms with Gasteiger partial charge in [-0.25, -0.2) is 13.4 Å². The number of pyridine rings is 1. The first-order chi connectivity index (χ1) is 9.81. The first-order valence-corrected chi connectivity index (χ1v) is 7.34. The highest BCUT2D eigenvalue weighted by Crippen LogP contribution is 2.28. The molecule has 110 valence electrons. The number of nitrogens with zero attached hydrogens (tertiary/aromatic N) is 2. The summed E-state index contributed by atoms with van der Waals surface area (Å²) < 4.78 is 26.6. The average molecular weight is 329 g/mol. The zero-order valence-electron chi connectivity index (χ0n) is 10.4. The molecule has 21 heavy (non-hydrogen) atoms. The summed E-state index contributed by atoms with van der Waals surface area (Å²) in [4.78, 5) is 13.3. The second kappa shape index (κ2) is 5.54. The normalized spacial score (nSPS) is 11.1. The van der Waals surface area contributed by atoms with Crippen LogP contribution in [-0.2, 0) is 10.0 Å². The maximum atomic E-state index is 12.3. The second-order valence-electron chi connectivity index (χ2n) is 3.92. The monoisotopic (exact) mass is 328 g/mol. The highest BCUT2D eigenvalue weighted by Gasteiger charge is 2.27. The van der Waals surface area contributed by atoms with E-state index < -0.39 is 25.5 Å². The lowest BCUT2D eigenvalue weighted by molar-refractivity contribution is -0.387. The molecule has 0 amide bonds. The Labute approximate surface area is 124 Å². The fourth-order valence-corrected chi connectivity index (χ4v) is 3.00. The standard InChI is InChI=1S/C11H9ClN4O4S/c12-8-2-1-5-14-11(8)15-21(19,20)10-6-7(13)3-4-9(10)16(17)18/h1-6H,13H2,(H,14,15). The molecule has 3 N–H and O–H groups in total. The number of halogens is 1. The Morgan fingerprint density at radius 3 is 2.67 bits per heavy atom. The maximum Gasteiger partial charge on any atom is 0.290 e. The third-order valence-corrected chi connectivity index (χ3v) is 4.13. The second-order valence-corrected chi connectivity index (χ2v) is 5.98. The molecule has 8 nitrogen and oxygen atoms in total. The topological polar surface area (TPSA) is 128 Å². The third kappa shape index (κ3) is 3.20. The SMILES string of the molecule is Nc1ccc([N+](=O)[O-])c(S(=O)(=O)Nc2ncccc2Cl)c1.